The topological polar surface area (TPSA) is 84.6 Å². The molecule has 12 heteroatoms. The fourth-order valence-electron chi connectivity index (χ4n) is 6.06. The molecule has 1 saturated carbocycles. The van der Waals surface area contributed by atoms with Crippen LogP contribution in [0.2, 0.25) is 0 Å². The number of aryl methyl sites for hydroxylation is 2. The predicted octanol–water partition coefficient (Wildman–Crippen LogP) is 8.05. The summed E-state index contributed by atoms with van der Waals surface area (Å²) in [6.07, 6.45) is 1.51. The van der Waals surface area contributed by atoms with Crippen LogP contribution in [0.25, 0.3) is 17.1 Å². The van der Waals surface area contributed by atoms with E-state index in [9.17, 15) is 18.0 Å². The summed E-state index contributed by atoms with van der Waals surface area (Å²) in [5.41, 5.74) is 6.20. The maximum atomic E-state index is 13.0. The van der Waals surface area contributed by atoms with Crippen molar-refractivity contribution in [3.8, 4) is 22.8 Å². The third-order valence-electron chi connectivity index (χ3n) is 8.25. The summed E-state index contributed by atoms with van der Waals surface area (Å²) in [5, 5.41) is 8.39. The van der Waals surface area contributed by atoms with Gasteiger partial charge in [-0.1, -0.05) is 61.5 Å². The number of urea groups is 1. The van der Waals surface area contributed by atoms with Crippen LogP contribution in [-0.2, 0) is 6.42 Å². The minimum Gasteiger partial charge on any atom is -0.406 e. The van der Waals surface area contributed by atoms with E-state index in [1.807, 2.05) is 12.1 Å². The second kappa shape index (κ2) is 13.6. The smallest absolute Gasteiger partial charge is 0.406 e. The lowest BCUT2D eigenvalue weighted by molar-refractivity contribution is -0.274. The van der Waals surface area contributed by atoms with Gasteiger partial charge in [-0.05, 0) is 85.5 Å². The average Bonchev–Trinajstić information content (AvgIpc) is 3.80. The van der Waals surface area contributed by atoms with Crippen LogP contribution in [-0.4, -0.2) is 50.7 Å². The largest absolute Gasteiger partial charge is 0.573 e. The molecule has 0 radical (unpaired) electrons. The third-order valence-corrected chi connectivity index (χ3v) is 9.21. The normalized spacial score (nSPS) is 19.2. The van der Waals surface area contributed by atoms with E-state index >= 15 is 0 Å². The molecule has 3 aromatic carbocycles. The Morgan fingerprint density at radius 2 is 1.87 bits per heavy atom. The molecule has 2 unspecified atom stereocenters. The van der Waals surface area contributed by atoms with Crippen LogP contribution in [0.15, 0.2) is 78.0 Å². The number of amides is 2. The Morgan fingerprint density at radius 3 is 2.61 bits per heavy atom. The van der Waals surface area contributed by atoms with Crippen molar-refractivity contribution in [2.24, 2.45) is 4.99 Å². The fourth-order valence-corrected chi connectivity index (χ4v) is 7.01. The van der Waals surface area contributed by atoms with Gasteiger partial charge in [0.1, 0.15) is 12.1 Å². The molecule has 0 bridgehead atoms. The summed E-state index contributed by atoms with van der Waals surface area (Å²) < 4.78 is 42.8. The lowest BCUT2D eigenvalue weighted by Crippen LogP contribution is -2.33. The maximum absolute atomic E-state index is 13.0. The van der Waals surface area contributed by atoms with E-state index in [4.69, 9.17) is 0 Å². The molecule has 8 nitrogen and oxygen atoms in total. The zero-order valence-electron chi connectivity index (χ0n) is 25.6. The Kier molecular flexibility index (Phi) is 9.34. The molecule has 4 aromatic rings. The van der Waals surface area contributed by atoms with Crippen LogP contribution in [0, 0.1) is 6.92 Å². The van der Waals surface area contributed by atoms with Crippen molar-refractivity contribution in [3.63, 3.8) is 0 Å². The van der Waals surface area contributed by atoms with Crippen molar-refractivity contribution in [1.29, 1.82) is 0 Å². The molecule has 1 aliphatic heterocycles. The number of aromatic nitrogens is 3. The molecule has 2 fully saturated rings. The minimum atomic E-state index is -4.74. The quantitative estimate of drug-likeness (QED) is 0.208. The number of ether oxygens (including phenoxy) is 1. The first-order chi connectivity index (χ1) is 22.1. The van der Waals surface area contributed by atoms with E-state index in [0.717, 1.165) is 60.8 Å². The summed E-state index contributed by atoms with van der Waals surface area (Å²) in [7, 11) is 0. The lowest BCUT2D eigenvalue weighted by atomic mass is 9.96. The highest BCUT2D eigenvalue weighted by Crippen LogP contribution is 2.36. The van der Waals surface area contributed by atoms with Crippen LogP contribution in [0.1, 0.15) is 55.2 Å². The number of nitrogens with one attached hydrogen (secondary N) is 1. The number of aliphatic imine (C=N–C) groups is 1. The summed E-state index contributed by atoms with van der Waals surface area (Å²) in [4.78, 5) is 24.1. The second-order valence-electron chi connectivity index (χ2n) is 11.6. The molecule has 0 spiro atoms. The van der Waals surface area contributed by atoms with Crippen molar-refractivity contribution in [2.75, 3.05) is 17.2 Å². The van der Waals surface area contributed by atoms with Gasteiger partial charge in [-0.25, -0.2) is 14.5 Å². The van der Waals surface area contributed by atoms with E-state index in [1.54, 1.807) is 11.8 Å². The number of rotatable bonds is 8. The van der Waals surface area contributed by atoms with Crippen molar-refractivity contribution in [3.05, 3.63) is 89.7 Å². The van der Waals surface area contributed by atoms with Gasteiger partial charge in [0.25, 0.3) is 0 Å². The Morgan fingerprint density at radius 1 is 1.09 bits per heavy atom. The summed E-state index contributed by atoms with van der Waals surface area (Å²) >= 11 is 1.62. The number of alkyl halides is 3. The number of amidine groups is 1. The molecule has 6 rings (SSSR count). The molecule has 1 saturated heterocycles. The minimum absolute atomic E-state index is 0.0567. The molecule has 240 valence electrons. The molecule has 2 heterocycles. The van der Waals surface area contributed by atoms with Crippen LogP contribution >= 0.6 is 11.8 Å². The van der Waals surface area contributed by atoms with Gasteiger partial charge in [0.15, 0.2) is 11.0 Å². The summed E-state index contributed by atoms with van der Waals surface area (Å²) in [6.45, 7) is 5.10. The van der Waals surface area contributed by atoms with Crippen molar-refractivity contribution >= 4 is 28.6 Å². The van der Waals surface area contributed by atoms with E-state index in [-0.39, 0.29) is 17.8 Å². The Balaban J connectivity index is 1.05. The molecule has 1 aliphatic carbocycles. The second-order valence-corrected chi connectivity index (χ2v) is 12.7. The first-order valence-corrected chi connectivity index (χ1v) is 16.4. The monoisotopic (exact) mass is 648 g/mol. The van der Waals surface area contributed by atoms with Gasteiger partial charge in [0.2, 0.25) is 0 Å². The van der Waals surface area contributed by atoms with Crippen LogP contribution in [0.3, 0.4) is 0 Å². The highest BCUT2D eigenvalue weighted by Gasteiger charge is 2.31. The molecule has 1 aromatic heterocycles. The molecule has 2 amide bonds. The summed E-state index contributed by atoms with van der Waals surface area (Å²) in [6, 6.07) is 19.8. The van der Waals surface area contributed by atoms with Gasteiger partial charge in [-0.3, -0.25) is 0 Å². The molecule has 1 N–H and O–H groups in total. The van der Waals surface area contributed by atoms with Gasteiger partial charge in [-0.2, -0.15) is 4.99 Å². The average molecular weight is 649 g/mol. The fraction of sp³-hybridized carbons (Fsp3) is 0.353. The van der Waals surface area contributed by atoms with Crippen molar-refractivity contribution in [2.45, 2.75) is 64.3 Å². The van der Waals surface area contributed by atoms with E-state index in [1.165, 1.54) is 52.0 Å². The van der Waals surface area contributed by atoms with Gasteiger partial charge in [0.05, 0.1) is 5.69 Å². The van der Waals surface area contributed by atoms with Gasteiger partial charge in [-0.15, -0.1) is 18.3 Å². The Bertz CT molecular complexity index is 1710. The van der Waals surface area contributed by atoms with Gasteiger partial charge in [0, 0.05) is 29.6 Å². The molecular weight excluding hydrogens is 613 g/mol. The molecule has 2 aliphatic rings. The van der Waals surface area contributed by atoms with Crippen LogP contribution in [0.5, 0.6) is 5.75 Å². The number of hydrogen-bond acceptors (Lipinski definition) is 5. The van der Waals surface area contributed by atoms with Gasteiger partial charge < -0.3 is 15.0 Å². The zero-order chi connectivity index (χ0) is 32.3. The number of halogens is 3. The van der Waals surface area contributed by atoms with Crippen molar-refractivity contribution in [1.82, 2.24) is 20.1 Å². The Labute approximate surface area is 270 Å². The molecule has 46 heavy (non-hydrogen) atoms. The van der Waals surface area contributed by atoms with E-state index in [2.05, 4.69) is 74.2 Å². The SMILES string of the molecule is CCCc1ccc(C)cc1N1CCS/C1=N\C(=O)NC1CCC(c2ccc(-c3ncn(-c4ccc(OC(F)(F)F)cc4)n3)cc2)C1. The Hall–Kier alpha value is -4.32. The third kappa shape index (κ3) is 7.55. The molecular formula is C34H35F3N6O2S. The number of anilines is 1. The van der Waals surface area contributed by atoms with E-state index in [0.29, 0.717) is 17.4 Å². The number of carbonyl (C=O) groups excluding carboxylic acids is 1. The first-order valence-electron chi connectivity index (χ1n) is 15.4. The van der Waals surface area contributed by atoms with Crippen molar-refractivity contribution < 1.29 is 22.7 Å². The highest BCUT2D eigenvalue weighted by molar-refractivity contribution is 8.14. The standard InChI is InChI=1S/C34H35F3N6O2S/c1-3-4-24-6-5-22(2)19-30(24)42-17-18-46-33(42)40-32(44)39-27-12-11-26(20-27)23-7-9-25(10-8-23)31-38-21-43(41-31)28-13-15-29(16-14-28)45-34(35,36)37/h5-10,13-16,19,21,26-27H,3-4,11-12,17-18,20H2,1-2H3,(H,39,44)/b40-33-. The summed E-state index contributed by atoms with van der Waals surface area (Å²) in [5.74, 6) is 1.42. The number of benzene rings is 3. The number of thioether (sulfide) groups is 1. The number of hydrogen-bond donors (Lipinski definition) is 1. The highest BCUT2D eigenvalue weighted by atomic mass is 32.2. The predicted molar refractivity (Wildman–Crippen MR) is 175 cm³/mol. The number of carbonyl (C=O) groups is 1. The van der Waals surface area contributed by atoms with Crippen LogP contribution in [0.4, 0.5) is 23.7 Å². The zero-order valence-corrected chi connectivity index (χ0v) is 26.4. The van der Waals surface area contributed by atoms with Crippen LogP contribution < -0.4 is 15.0 Å². The van der Waals surface area contributed by atoms with Gasteiger partial charge >= 0.3 is 12.4 Å². The van der Waals surface area contributed by atoms with E-state index < -0.39 is 6.36 Å². The molecule has 2 atom stereocenters. The maximum Gasteiger partial charge on any atom is 0.573 e. The first kappa shape index (κ1) is 31.7. The number of nitrogens with zero attached hydrogens (tertiary/aromatic N) is 5. The lowest BCUT2D eigenvalue weighted by Gasteiger charge is -2.22.